The van der Waals surface area contributed by atoms with Gasteiger partial charge in [0.2, 0.25) is 5.88 Å². The third-order valence-corrected chi connectivity index (χ3v) is 7.06. The molecule has 0 aliphatic carbocycles. The van der Waals surface area contributed by atoms with E-state index in [1.807, 2.05) is 36.4 Å². The number of carboxylic acid groups (broad SMARTS) is 1. The molecule has 6 rings (SSSR count). The number of benzene rings is 1. The number of hydrogen-bond acceptors (Lipinski definition) is 7. The highest BCUT2D eigenvalue weighted by atomic mass is 16.5. The number of pyridine rings is 2. The second kappa shape index (κ2) is 10.7. The first-order valence-corrected chi connectivity index (χ1v) is 12.9. The number of ether oxygens (including phenoxy) is 2. The van der Waals surface area contributed by atoms with Crippen LogP contribution in [0.25, 0.3) is 16.6 Å². The molecule has 1 saturated heterocycles. The van der Waals surface area contributed by atoms with Gasteiger partial charge in [-0.25, -0.2) is 14.8 Å². The Kier molecular flexibility index (Phi) is 6.85. The van der Waals surface area contributed by atoms with Gasteiger partial charge in [-0.2, -0.15) is 0 Å². The molecule has 1 aromatic carbocycles. The summed E-state index contributed by atoms with van der Waals surface area (Å²) in [5.41, 5.74) is 4.91. The van der Waals surface area contributed by atoms with E-state index in [1.165, 1.54) is 5.57 Å². The van der Waals surface area contributed by atoms with Gasteiger partial charge < -0.3 is 19.1 Å². The normalized spacial score (nSPS) is 17.7. The van der Waals surface area contributed by atoms with E-state index in [-0.39, 0.29) is 11.7 Å². The molecule has 2 aliphatic rings. The number of aromatic carboxylic acids is 1. The number of rotatable bonds is 9. The Morgan fingerprint density at radius 1 is 1.13 bits per heavy atom. The van der Waals surface area contributed by atoms with Crippen molar-refractivity contribution in [1.82, 2.24) is 24.4 Å². The number of aromatic nitrogens is 4. The smallest absolute Gasteiger partial charge is 0.335 e. The Bertz CT molecular complexity index is 1480. The average molecular weight is 512 g/mol. The van der Waals surface area contributed by atoms with Crippen LogP contribution in [0.1, 0.15) is 40.4 Å². The van der Waals surface area contributed by atoms with Crippen LogP contribution in [0.4, 0.5) is 0 Å². The maximum Gasteiger partial charge on any atom is 0.335 e. The van der Waals surface area contributed by atoms with Gasteiger partial charge in [-0.1, -0.05) is 18.2 Å². The van der Waals surface area contributed by atoms with Crippen LogP contribution in [-0.2, 0) is 24.4 Å². The first-order chi connectivity index (χ1) is 18.6. The van der Waals surface area contributed by atoms with Crippen LogP contribution >= 0.6 is 0 Å². The minimum atomic E-state index is -0.936. The van der Waals surface area contributed by atoms with Gasteiger partial charge in [0.1, 0.15) is 12.4 Å². The summed E-state index contributed by atoms with van der Waals surface area (Å²) in [5.74, 6) is 0.580. The third kappa shape index (κ3) is 5.29. The van der Waals surface area contributed by atoms with E-state index in [0.29, 0.717) is 25.6 Å². The Hall–Kier alpha value is -4.08. The fourth-order valence-electron chi connectivity index (χ4n) is 4.86. The maximum atomic E-state index is 11.6. The zero-order valence-electron chi connectivity index (χ0n) is 21.0. The molecule has 3 aromatic heterocycles. The molecule has 0 unspecified atom stereocenters. The fraction of sp³-hybridized carbons (Fsp3) is 0.310. The van der Waals surface area contributed by atoms with E-state index in [4.69, 9.17) is 19.4 Å². The summed E-state index contributed by atoms with van der Waals surface area (Å²) in [4.78, 5) is 27.8. The van der Waals surface area contributed by atoms with E-state index in [1.54, 1.807) is 24.4 Å². The predicted molar refractivity (Wildman–Crippen MR) is 142 cm³/mol. The van der Waals surface area contributed by atoms with Crippen molar-refractivity contribution >= 4 is 22.6 Å². The van der Waals surface area contributed by atoms with Gasteiger partial charge in [0.25, 0.3) is 0 Å². The Labute approximate surface area is 220 Å². The molecule has 4 aromatic rings. The molecule has 0 saturated carbocycles. The first-order valence-electron chi connectivity index (χ1n) is 12.9. The molecule has 0 spiro atoms. The molecule has 1 atom stereocenters. The van der Waals surface area contributed by atoms with Crippen molar-refractivity contribution in [2.45, 2.75) is 38.6 Å². The second-order valence-corrected chi connectivity index (χ2v) is 9.61. The Morgan fingerprint density at radius 3 is 2.79 bits per heavy atom. The average Bonchev–Trinajstić information content (AvgIpc) is 3.26. The molecule has 5 heterocycles. The first kappa shape index (κ1) is 24.3. The summed E-state index contributed by atoms with van der Waals surface area (Å²) in [6.45, 7) is 4.16. The molecule has 9 heteroatoms. The lowest BCUT2D eigenvalue weighted by molar-refractivity contribution is -0.0591. The van der Waals surface area contributed by atoms with Crippen LogP contribution in [0, 0.1) is 0 Å². The molecule has 9 nitrogen and oxygen atoms in total. The molecule has 1 N–H and O–H groups in total. The second-order valence-electron chi connectivity index (χ2n) is 9.61. The van der Waals surface area contributed by atoms with Gasteiger partial charge in [-0.3, -0.25) is 9.88 Å². The standard InChI is InChI=1S/C29H29N5O4/c35-29(36)21-7-8-25-26(16-21)34(17-23-11-15-37-23)27(31-25)18-33-13-9-20(10-14-33)24-5-3-6-28(32-24)38-19-22-4-1-2-12-30-22/h1-9,12,16,23H,10-11,13-15,17-19H2,(H,35,36)/t23-/m0/s1. The molecule has 0 bridgehead atoms. The fourth-order valence-corrected chi connectivity index (χ4v) is 4.86. The summed E-state index contributed by atoms with van der Waals surface area (Å²) < 4.78 is 13.7. The van der Waals surface area contributed by atoms with Crippen LogP contribution in [0.2, 0.25) is 0 Å². The van der Waals surface area contributed by atoms with E-state index in [0.717, 1.165) is 60.8 Å². The van der Waals surface area contributed by atoms with Crippen LogP contribution in [0.3, 0.4) is 0 Å². The van der Waals surface area contributed by atoms with Crippen molar-refractivity contribution in [1.29, 1.82) is 0 Å². The maximum absolute atomic E-state index is 11.6. The minimum Gasteiger partial charge on any atom is -0.478 e. The molecular formula is C29H29N5O4. The van der Waals surface area contributed by atoms with Crippen molar-refractivity contribution in [3.05, 3.63) is 89.6 Å². The van der Waals surface area contributed by atoms with Crippen LogP contribution in [0.15, 0.2) is 66.9 Å². The third-order valence-electron chi connectivity index (χ3n) is 7.06. The quantitative estimate of drug-likeness (QED) is 0.357. The lowest BCUT2D eigenvalue weighted by Crippen LogP contribution is -2.33. The molecule has 1 fully saturated rings. The minimum absolute atomic E-state index is 0.144. The molecule has 194 valence electrons. The monoisotopic (exact) mass is 511 g/mol. The Balaban J connectivity index is 1.16. The summed E-state index contributed by atoms with van der Waals surface area (Å²) in [6, 6.07) is 16.7. The van der Waals surface area contributed by atoms with Gasteiger partial charge in [0, 0.05) is 32.0 Å². The number of fused-ring (bicyclic) bond motifs is 1. The van der Waals surface area contributed by atoms with Crippen molar-refractivity contribution in [2.24, 2.45) is 0 Å². The highest BCUT2D eigenvalue weighted by Crippen LogP contribution is 2.26. The highest BCUT2D eigenvalue weighted by molar-refractivity contribution is 5.92. The molecule has 2 aliphatic heterocycles. The largest absolute Gasteiger partial charge is 0.478 e. The summed E-state index contributed by atoms with van der Waals surface area (Å²) in [7, 11) is 0. The zero-order chi connectivity index (χ0) is 25.9. The topological polar surface area (TPSA) is 103 Å². The van der Waals surface area contributed by atoms with Gasteiger partial charge in [-0.15, -0.1) is 0 Å². The van der Waals surface area contributed by atoms with E-state index in [2.05, 4.69) is 20.5 Å². The number of nitrogens with zero attached hydrogens (tertiary/aromatic N) is 5. The van der Waals surface area contributed by atoms with E-state index < -0.39 is 5.97 Å². The van der Waals surface area contributed by atoms with Crippen molar-refractivity contribution in [3.63, 3.8) is 0 Å². The van der Waals surface area contributed by atoms with Gasteiger partial charge >= 0.3 is 5.97 Å². The SMILES string of the molecule is O=C(O)c1ccc2nc(CN3CC=C(c4cccc(OCc5ccccn5)n4)CC3)n(C[C@@H]3CCO3)c2c1. The van der Waals surface area contributed by atoms with Crippen LogP contribution in [0.5, 0.6) is 5.88 Å². The van der Waals surface area contributed by atoms with Crippen LogP contribution < -0.4 is 4.74 Å². The zero-order valence-corrected chi connectivity index (χ0v) is 21.0. The lowest BCUT2D eigenvalue weighted by atomic mass is 10.0. The van der Waals surface area contributed by atoms with Gasteiger partial charge in [0.15, 0.2) is 0 Å². The molecule has 0 radical (unpaired) electrons. The molecule has 38 heavy (non-hydrogen) atoms. The van der Waals surface area contributed by atoms with Crippen molar-refractivity contribution < 1.29 is 19.4 Å². The van der Waals surface area contributed by atoms with Crippen molar-refractivity contribution in [3.8, 4) is 5.88 Å². The van der Waals surface area contributed by atoms with E-state index in [9.17, 15) is 9.90 Å². The number of carbonyl (C=O) groups is 1. The highest BCUT2D eigenvalue weighted by Gasteiger charge is 2.24. The molecular weight excluding hydrogens is 482 g/mol. The summed E-state index contributed by atoms with van der Waals surface area (Å²) in [5, 5.41) is 9.48. The number of hydrogen-bond donors (Lipinski definition) is 1. The lowest BCUT2D eigenvalue weighted by Gasteiger charge is -2.29. The van der Waals surface area contributed by atoms with Gasteiger partial charge in [0.05, 0.1) is 47.2 Å². The number of imidazole rings is 1. The van der Waals surface area contributed by atoms with Crippen molar-refractivity contribution in [2.75, 3.05) is 19.7 Å². The summed E-state index contributed by atoms with van der Waals surface area (Å²) >= 11 is 0. The Morgan fingerprint density at radius 2 is 2.05 bits per heavy atom. The van der Waals surface area contributed by atoms with Crippen LogP contribution in [-0.4, -0.2) is 61.3 Å². The van der Waals surface area contributed by atoms with Gasteiger partial charge in [-0.05, 0) is 54.8 Å². The summed E-state index contributed by atoms with van der Waals surface area (Å²) in [6.07, 6.45) is 5.99. The number of carboxylic acids is 1. The predicted octanol–water partition coefficient (Wildman–Crippen LogP) is 4.18. The van der Waals surface area contributed by atoms with E-state index >= 15 is 0 Å². The molecule has 0 amide bonds.